The van der Waals surface area contributed by atoms with Crippen LogP contribution in [0.1, 0.15) is 15.9 Å². The number of hydrazine groups is 1. The number of carbonyl (C=O) groups excluding carboxylic acids is 2. The van der Waals surface area contributed by atoms with Crippen LogP contribution in [0.4, 0.5) is 5.69 Å². The molecule has 4 aromatic carbocycles. The highest BCUT2D eigenvalue weighted by Crippen LogP contribution is 2.30. The Kier molecular flexibility index (Phi) is 9.86. The molecule has 5 aromatic rings. The van der Waals surface area contributed by atoms with Gasteiger partial charge in [-0.1, -0.05) is 45.4 Å². The molecule has 1 aromatic heterocycles. The molecular formula is C31H27BrN6O5S2. The molecule has 0 saturated carbocycles. The lowest BCUT2D eigenvalue weighted by atomic mass is 10.2. The van der Waals surface area contributed by atoms with E-state index in [1.165, 1.54) is 0 Å². The number of amides is 2. The third-order valence-electron chi connectivity index (χ3n) is 6.44. The Morgan fingerprint density at radius 3 is 2.18 bits per heavy atom. The largest absolute Gasteiger partial charge is 0.497 e. The summed E-state index contributed by atoms with van der Waals surface area (Å²) in [7, 11) is -2.20. The van der Waals surface area contributed by atoms with E-state index in [1.807, 2.05) is 19.1 Å². The Morgan fingerprint density at radius 2 is 1.53 bits per heavy atom. The van der Waals surface area contributed by atoms with Gasteiger partial charge in [-0.2, -0.15) is 0 Å². The molecule has 0 unspecified atom stereocenters. The maximum atomic E-state index is 12.8. The van der Waals surface area contributed by atoms with Crippen LogP contribution in [0.2, 0.25) is 0 Å². The first-order valence-corrected chi connectivity index (χ1v) is 16.7. The van der Waals surface area contributed by atoms with Crippen LogP contribution >= 0.6 is 27.7 Å². The van der Waals surface area contributed by atoms with Gasteiger partial charge in [-0.15, -0.1) is 10.2 Å². The van der Waals surface area contributed by atoms with Crippen LogP contribution in [0.25, 0.3) is 17.1 Å². The summed E-state index contributed by atoms with van der Waals surface area (Å²) in [5.41, 5.74) is 7.93. The Morgan fingerprint density at radius 1 is 0.867 bits per heavy atom. The first kappa shape index (κ1) is 31.8. The zero-order valence-corrected chi connectivity index (χ0v) is 27.2. The fourth-order valence-electron chi connectivity index (χ4n) is 4.10. The van der Waals surface area contributed by atoms with Crippen molar-refractivity contribution < 1.29 is 22.7 Å². The van der Waals surface area contributed by atoms with Gasteiger partial charge in [0.1, 0.15) is 5.75 Å². The van der Waals surface area contributed by atoms with Gasteiger partial charge in [-0.3, -0.25) is 29.7 Å². The molecular weight excluding hydrogens is 680 g/mol. The number of thioether (sulfide) groups is 1. The van der Waals surface area contributed by atoms with Gasteiger partial charge >= 0.3 is 0 Å². The lowest BCUT2D eigenvalue weighted by Gasteiger charge is -2.12. The highest BCUT2D eigenvalue weighted by atomic mass is 79.9. The molecule has 0 radical (unpaired) electrons. The second kappa shape index (κ2) is 14.0. The summed E-state index contributed by atoms with van der Waals surface area (Å²) >= 11 is 4.45. The van der Waals surface area contributed by atoms with Crippen molar-refractivity contribution in [3.8, 4) is 22.8 Å². The Bertz CT molecular complexity index is 1910. The van der Waals surface area contributed by atoms with E-state index in [9.17, 15) is 18.0 Å². The summed E-state index contributed by atoms with van der Waals surface area (Å²) in [6.07, 6.45) is 0. The number of benzene rings is 4. The number of hydrogen-bond donors (Lipinski definition) is 3. The molecule has 1 heterocycles. The second-order valence-electron chi connectivity index (χ2n) is 9.63. The number of nitrogens with zero attached hydrogens (tertiary/aromatic N) is 3. The summed E-state index contributed by atoms with van der Waals surface area (Å²) in [6, 6.07) is 27.3. The number of anilines is 1. The highest BCUT2D eigenvalue weighted by Gasteiger charge is 2.19. The maximum absolute atomic E-state index is 12.8. The number of hydrogen-bond acceptors (Lipinski definition) is 8. The van der Waals surface area contributed by atoms with Crippen molar-refractivity contribution in [3.63, 3.8) is 0 Å². The van der Waals surface area contributed by atoms with Crippen LogP contribution in [0.5, 0.6) is 5.75 Å². The van der Waals surface area contributed by atoms with Gasteiger partial charge in [0.05, 0.1) is 17.8 Å². The molecule has 0 spiro atoms. The van der Waals surface area contributed by atoms with Gasteiger partial charge in [0, 0.05) is 27.0 Å². The number of methoxy groups -OCH3 is 1. The highest BCUT2D eigenvalue weighted by molar-refractivity contribution is 9.10. The van der Waals surface area contributed by atoms with E-state index in [-0.39, 0.29) is 10.6 Å². The first-order valence-electron chi connectivity index (χ1n) is 13.4. The molecule has 0 saturated heterocycles. The molecule has 0 atom stereocenters. The topological polar surface area (TPSA) is 144 Å². The van der Waals surface area contributed by atoms with Gasteiger partial charge in [-0.25, -0.2) is 8.42 Å². The molecule has 5 rings (SSSR count). The molecule has 2 amide bonds. The lowest BCUT2D eigenvalue weighted by molar-refractivity contribution is -0.119. The van der Waals surface area contributed by atoms with Crippen molar-refractivity contribution in [2.75, 3.05) is 17.6 Å². The van der Waals surface area contributed by atoms with Crippen molar-refractivity contribution in [1.82, 2.24) is 25.6 Å². The van der Waals surface area contributed by atoms with Crippen LogP contribution in [-0.4, -0.2) is 47.9 Å². The number of sulfonamides is 1. The number of aryl methyl sites for hydroxylation is 1. The van der Waals surface area contributed by atoms with Crippen LogP contribution in [-0.2, 0) is 14.8 Å². The number of ether oxygens (including phenoxy) is 1. The summed E-state index contributed by atoms with van der Waals surface area (Å²) in [5.74, 6) is 0.179. The maximum Gasteiger partial charge on any atom is 0.269 e. The molecule has 14 heteroatoms. The van der Waals surface area contributed by atoms with Gasteiger partial charge in [0.2, 0.25) is 5.91 Å². The predicted molar refractivity (Wildman–Crippen MR) is 176 cm³/mol. The summed E-state index contributed by atoms with van der Waals surface area (Å²) in [5, 5.41) is 9.13. The molecule has 0 fully saturated rings. The van der Waals surface area contributed by atoms with E-state index in [0.717, 1.165) is 21.8 Å². The summed E-state index contributed by atoms with van der Waals surface area (Å²) in [4.78, 5) is 25.1. The average Bonchev–Trinajstić information content (AvgIpc) is 3.47. The third kappa shape index (κ3) is 7.90. The molecule has 11 nitrogen and oxygen atoms in total. The van der Waals surface area contributed by atoms with Gasteiger partial charge < -0.3 is 4.74 Å². The van der Waals surface area contributed by atoms with Crippen molar-refractivity contribution in [2.45, 2.75) is 17.0 Å². The van der Waals surface area contributed by atoms with Crippen molar-refractivity contribution in [2.24, 2.45) is 0 Å². The zero-order valence-electron chi connectivity index (χ0n) is 24.0. The van der Waals surface area contributed by atoms with Gasteiger partial charge in [-0.05, 0) is 91.9 Å². The predicted octanol–water partition coefficient (Wildman–Crippen LogP) is 5.37. The van der Waals surface area contributed by atoms with Gasteiger partial charge in [0.15, 0.2) is 11.0 Å². The zero-order chi connectivity index (χ0) is 32.0. The summed E-state index contributed by atoms with van der Waals surface area (Å²) in [6.45, 7) is 1.89. The second-order valence-corrected chi connectivity index (χ2v) is 13.2. The quantitative estimate of drug-likeness (QED) is 0.130. The number of halogens is 1. The number of carbonyl (C=O) groups is 2. The minimum Gasteiger partial charge on any atom is -0.497 e. The minimum absolute atomic E-state index is 0.0609. The Balaban J connectivity index is 1.33. The van der Waals surface area contributed by atoms with Crippen molar-refractivity contribution in [3.05, 3.63) is 113 Å². The molecule has 45 heavy (non-hydrogen) atoms. The van der Waals surface area contributed by atoms with Gasteiger partial charge in [0.25, 0.3) is 15.9 Å². The Hall–Kier alpha value is -4.66. The summed E-state index contributed by atoms with van der Waals surface area (Å²) < 4.78 is 36.2. The SMILES string of the molecule is COc1ccc(-n2c(SCC(=O)NNC(=O)c3ccc(Br)cc3)nnc2-c2ccc(NS(=O)(=O)c3ccc(C)cc3)cc2)cc1. The molecule has 0 aliphatic carbocycles. The van der Waals surface area contributed by atoms with E-state index >= 15 is 0 Å². The molecule has 3 N–H and O–H groups in total. The van der Waals surface area contributed by atoms with E-state index in [2.05, 4.69) is 41.7 Å². The van der Waals surface area contributed by atoms with E-state index < -0.39 is 21.8 Å². The fourth-order valence-corrected chi connectivity index (χ4v) is 6.17. The molecule has 0 bridgehead atoms. The number of rotatable bonds is 10. The lowest BCUT2D eigenvalue weighted by Crippen LogP contribution is -2.42. The molecule has 0 aliphatic rings. The molecule has 0 aliphatic heterocycles. The first-order chi connectivity index (χ1) is 21.6. The number of aromatic nitrogens is 3. The van der Waals surface area contributed by atoms with Crippen molar-refractivity contribution >= 4 is 55.2 Å². The van der Waals surface area contributed by atoms with Crippen LogP contribution in [0.15, 0.2) is 112 Å². The van der Waals surface area contributed by atoms with E-state index in [4.69, 9.17) is 4.74 Å². The smallest absolute Gasteiger partial charge is 0.269 e. The normalized spacial score (nSPS) is 11.1. The van der Waals surface area contributed by atoms with E-state index in [1.54, 1.807) is 96.6 Å². The average molecular weight is 708 g/mol. The van der Waals surface area contributed by atoms with Crippen LogP contribution in [0, 0.1) is 6.92 Å². The number of nitrogens with one attached hydrogen (secondary N) is 3. The molecule has 230 valence electrons. The van der Waals surface area contributed by atoms with Crippen LogP contribution in [0.3, 0.4) is 0 Å². The third-order valence-corrected chi connectivity index (χ3v) is 9.30. The monoisotopic (exact) mass is 706 g/mol. The van der Waals surface area contributed by atoms with E-state index in [0.29, 0.717) is 39.2 Å². The van der Waals surface area contributed by atoms with Crippen molar-refractivity contribution in [1.29, 1.82) is 0 Å². The fraction of sp³-hybridized carbons (Fsp3) is 0.0968. The minimum atomic E-state index is -3.77. The standard InChI is InChI=1S/C31H27BrN6O5S2/c1-20-3-17-27(18-4-20)45(41,42)37-24-11-7-21(8-12-24)29-34-36-31(38(29)25-13-15-26(43-2)16-14-25)44-19-28(39)33-35-30(40)22-5-9-23(32)10-6-22/h3-18,37H,19H2,1-2H3,(H,33,39)(H,35,40). The Labute approximate surface area is 272 Å². The van der Waals surface area contributed by atoms with Crippen LogP contribution < -0.4 is 20.3 Å².